The minimum atomic E-state index is -0.406. The summed E-state index contributed by atoms with van der Waals surface area (Å²) in [6, 6.07) is 4.08. The Kier molecular flexibility index (Phi) is 4.21. The molecule has 0 spiro atoms. The van der Waals surface area contributed by atoms with E-state index in [1.807, 2.05) is 51.4 Å². The summed E-state index contributed by atoms with van der Waals surface area (Å²) < 4.78 is 7.21. The summed E-state index contributed by atoms with van der Waals surface area (Å²) in [6.07, 6.45) is 0.369. The zero-order valence-corrected chi connectivity index (χ0v) is 11.3. The monoisotopic (exact) mass is 238 g/mol. The van der Waals surface area contributed by atoms with Crippen LogP contribution in [0.15, 0.2) is 12.1 Å². The molecule has 17 heavy (non-hydrogen) atoms. The zero-order valence-electron chi connectivity index (χ0n) is 11.3. The van der Waals surface area contributed by atoms with Crippen molar-refractivity contribution in [2.75, 3.05) is 12.0 Å². The van der Waals surface area contributed by atoms with Gasteiger partial charge in [-0.1, -0.05) is 0 Å². The lowest BCUT2D eigenvalue weighted by Crippen LogP contribution is -2.27. The number of hydrogen-bond acceptors (Lipinski definition) is 3. The molecule has 0 aromatic carbocycles. The number of aryl methyl sites for hydroxylation is 2. The molecule has 4 nitrogen and oxygen atoms in total. The van der Waals surface area contributed by atoms with Crippen molar-refractivity contribution in [2.45, 2.75) is 46.6 Å². The van der Waals surface area contributed by atoms with E-state index in [0.717, 1.165) is 11.4 Å². The van der Waals surface area contributed by atoms with Gasteiger partial charge in [0.15, 0.2) is 0 Å². The molecule has 1 aromatic rings. The van der Waals surface area contributed by atoms with E-state index in [-0.39, 0.29) is 5.97 Å². The Bertz CT molecular complexity index is 369. The Balaban J connectivity index is 2.36. The smallest absolute Gasteiger partial charge is 0.308 e. The molecule has 0 fully saturated rings. The molecule has 0 saturated heterocycles. The molecule has 0 atom stereocenters. The van der Waals surface area contributed by atoms with Gasteiger partial charge in [-0.2, -0.15) is 0 Å². The minimum absolute atomic E-state index is 0.174. The average molecular weight is 238 g/mol. The first-order valence-electron chi connectivity index (χ1n) is 5.90. The molecule has 0 aliphatic rings. The van der Waals surface area contributed by atoms with Crippen molar-refractivity contribution in [3.05, 3.63) is 23.5 Å². The highest BCUT2D eigenvalue weighted by atomic mass is 16.6. The second kappa shape index (κ2) is 5.25. The van der Waals surface area contributed by atoms with Crippen LogP contribution >= 0.6 is 0 Å². The van der Waals surface area contributed by atoms with Gasteiger partial charge in [-0.15, -0.1) is 0 Å². The quantitative estimate of drug-likeness (QED) is 0.819. The number of nitrogens with one attached hydrogen (secondary N) is 1. The maximum atomic E-state index is 11.5. The van der Waals surface area contributed by atoms with E-state index >= 15 is 0 Å². The third-order valence-corrected chi connectivity index (χ3v) is 2.29. The summed E-state index contributed by atoms with van der Waals surface area (Å²) in [7, 11) is 0. The molecule has 4 heteroatoms. The fourth-order valence-corrected chi connectivity index (χ4v) is 1.58. The molecule has 0 bridgehead atoms. The standard InChI is InChI=1S/C13H22N2O2/c1-10-6-7-11(2)15(10)14-9-8-12(16)17-13(3,4)5/h6-7,14H,8-9H2,1-5H3. The van der Waals surface area contributed by atoms with E-state index in [4.69, 9.17) is 4.74 Å². The van der Waals surface area contributed by atoms with Gasteiger partial charge in [0.1, 0.15) is 5.60 Å². The van der Waals surface area contributed by atoms with Gasteiger partial charge in [0.05, 0.1) is 6.42 Å². The normalized spacial score (nSPS) is 11.4. The Morgan fingerprint density at radius 1 is 1.29 bits per heavy atom. The summed E-state index contributed by atoms with van der Waals surface area (Å²) in [4.78, 5) is 11.5. The van der Waals surface area contributed by atoms with E-state index in [2.05, 4.69) is 5.43 Å². The molecular formula is C13H22N2O2. The van der Waals surface area contributed by atoms with Crippen LogP contribution in [0.4, 0.5) is 0 Å². The largest absolute Gasteiger partial charge is 0.460 e. The number of hydrogen-bond donors (Lipinski definition) is 1. The molecule has 96 valence electrons. The zero-order chi connectivity index (χ0) is 13.1. The van der Waals surface area contributed by atoms with Crippen LogP contribution in [0, 0.1) is 13.8 Å². The van der Waals surface area contributed by atoms with Crippen LogP contribution in [0.1, 0.15) is 38.6 Å². The lowest BCUT2D eigenvalue weighted by Gasteiger charge is -2.20. The number of carbonyl (C=O) groups excluding carboxylic acids is 1. The third-order valence-electron chi connectivity index (χ3n) is 2.29. The van der Waals surface area contributed by atoms with Gasteiger partial charge in [0, 0.05) is 17.9 Å². The van der Waals surface area contributed by atoms with Gasteiger partial charge in [-0.3, -0.25) is 9.47 Å². The van der Waals surface area contributed by atoms with Crippen LogP contribution in [0.2, 0.25) is 0 Å². The van der Waals surface area contributed by atoms with E-state index in [9.17, 15) is 4.79 Å². The topological polar surface area (TPSA) is 43.3 Å². The van der Waals surface area contributed by atoms with Gasteiger partial charge in [0.25, 0.3) is 0 Å². The molecule has 0 radical (unpaired) electrons. The predicted molar refractivity (Wildman–Crippen MR) is 68.6 cm³/mol. The Hall–Kier alpha value is -1.45. The molecule has 1 aromatic heterocycles. The van der Waals surface area contributed by atoms with Crippen molar-refractivity contribution >= 4 is 5.97 Å². The number of esters is 1. The lowest BCUT2D eigenvalue weighted by molar-refractivity contribution is -0.154. The maximum absolute atomic E-state index is 11.5. The van der Waals surface area contributed by atoms with Crippen molar-refractivity contribution in [1.29, 1.82) is 0 Å². The van der Waals surface area contributed by atoms with E-state index in [1.165, 1.54) is 0 Å². The van der Waals surface area contributed by atoms with Crippen molar-refractivity contribution in [3.8, 4) is 0 Å². The summed E-state index contributed by atoms with van der Waals surface area (Å²) in [6.45, 7) is 10.2. The predicted octanol–water partition coefficient (Wildman–Crippen LogP) is 2.38. The first-order valence-corrected chi connectivity index (χ1v) is 5.90. The van der Waals surface area contributed by atoms with Crippen molar-refractivity contribution in [2.24, 2.45) is 0 Å². The van der Waals surface area contributed by atoms with Gasteiger partial charge < -0.3 is 10.2 Å². The molecule has 0 amide bonds. The van der Waals surface area contributed by atoms with Crippen LogP contribution in [-0.2, 0) is 9.53 Å². The van der Waals surface area contributed by atoms with Crippen LogP contribution < -0.4 is 5.43 Å². The molecule has 1 heterocycles. The SMILES string of the molecule is Cc1ccc(C)n1NCCC(=O)OC(C)(C)C. The number of carbonyl (C=O) groups is 1. The van der Waals surface area contributed by atoms with E-state index in [0.29, 0.717) is 13.0 Å². The first-order chi connectivity index (χ1) is 7.79. The van der Waals surface area contributed by atoms with E-state index in [1.54, 1.807) is 0 Å². The molecule has 0 aliphatic heterocycles. The van der Waals surface area contributed by atoms with Gasteiger partial charge in [-0.05, 0) is 46.8 Å². The fourth-order valence-electron chi connectivity index (χ4n) is 1.58. The van der Waals surface area contributed by atoms with Crippen molar-refractivity contribution < 1.29 is 9.53 Å². The van der Waals surface area contributed by atoms with Crippen LogP contribution in [0.3, 0.4) is 0 Å². The fraction of sp³-hybridized carbons (Fsp3) is 0.615. The minimum Gasteiger partial charge on any atom is -0.460 e. The second-order valence-corrected chi connectivity index (χ2v) is 5.20. The van der Waals surface area contributed by atoms with Crippen LogP contribution in [-0.4, -0.2) is 22.8 Å². The van der Waals surface area contributed by atoms with E-state index < -0.39 is 5.60 Å². The maximum Gasteiger partial charge on any atom is 0.308 e. The van der Waals surface area contributed by atoms with Gasteiger partial charge in [-0.25, -0.2) is 0 Å². The van der Waals surface area contributed by atoms with Gasteiger partial charge >= 0.3 is 5.97 Å². The van der Waals surface area contributed by atoms with Gasteiger partial charge in [0.2, 0.25) is 0 Å². The number of rotatable bonds is 4. The highest BCUT2D eigenvalue weighted by Gasteiger charge is 2.15. The average Bonchev–Trinajstić information content (AvgIpc) is 2.46. The second-order valence-electron chi connectivity index (χ2n) is 5.20. The summed E-state index contributed by atoms with van der Waals surface area (Å²) in [5, 5.41) is 0. The highest BCUT2D eigenvalue weighted by molar-refractivity contribution is 5.70. The Labute approximate surface area is 103 Å². The number of ether oxygens (including phenoxy) is 1. The third kappa shape index (κ3) is 4.51. The number of nitrogens with zero attached hydrogens (tertiary/aromatic N) is 1. The molecular weight excluding hydrogens is 216 g/mol. The van der Waals surface area contributed by atoms with Crippen LogP contribution in [0.5, 0.6) is 0 Å². The van der Waals surface area contributed by atoms with Crippen molar-refractivity contribution in [1.82, 2.24) is 4.68 Å². The Morgan fingerprint density at radius 2 is 1.82 bits per heavy atom. The summed E-state index contributed by atoms with van der Waals surface area (Å²) in [5.41, 5.74) is 5.05. The highest BCUT2D eigenvalue weighted by Crippen LogP contribution is 2.08. The lowest BCUT2D eigenvalue weighted by atomic mass is 10.2. The summed E-state index contributed by atoms with van der Waals surface area (Å²) >= 11 is 0. The molecule has 0 aliphatic carbocycles. The van der Waals surface area contributed by atoms with Crippen molar-refractivity contribution in [3.63, 3.8) is 0 Å². The Morgan fingerprint density at radius 3 is 2.29 bits per heavy atom. The molecule has 1 N–H and O–H groups in total. The molecule has 0 unspecified atom stereocenters. The summed E-state index contributed by atoms with van der Waals surface area (Å²) in [5.74, 6) is -0.174. The number of aromatic nitrogens is 1. The molecule has 1 rings (SSSR count). The first kappa shape index (κ1) is 13.6. The van der Waals surface area contributed by atoms with Crippen LogP contribution in [0.25, 0.3) is 0 Å². The molecule has 0 saturated carbocycles.